The highest BCUT2D eigenvalue weighted by atomic mass is 16.4. The SMILES string of the molecule is O=C(O)[C@@H]1C[C@H]1C(=O)NCc1ccc(Cn2ccccc2=O)cc1. The fourth-order valence-corrected chi connectivity index (χ4v) is 2.63. The zero-order chi connectivity index (χ0) is 17.1. The molecular weight excluding hydrogens is 308 g/mol. The van der Waals surface area contributed by atoms with Crippen LogP contribution in [0.1, 0.15) is 17.5 Å². The molecule has 3 rings (SSSR count). The third-order valence-electron chi connectivity index (χ3n) is 4.19. The normalized spacial score (nSPS) is 18.8. The molecule has 2 atom stereocenters. The Labute approximate surface area is 138 Å². The first-order valence-corrected chi connectivity index (χ1v) is 7.78. The van der Waals surface area contributed by atoms with Crippen LogP contribution >= 0.6 is 0 Å². The number of hydrogen-bond donors (Lipinski definition) is 2. The van der Waals surface area contributed by atoms with Gasteiger partial charge in [0.2, 0.25) is 5.91 Å². The Balaban J connectivity index is 1.54. The number of carbonyl (C=O) groups excluding carboxylic acids is 1. The molecule has 1 saturated carbocycles. The van der Waals surface area contributed by atoms with Gasteiger partial charge in [0.1, 0.15) is 0 Å². The van der Waals surface area contributed by atoms with Gasteiger partial charge in [-0.1, -0.05) is 30.3 Å². The molecule has 0 saturated heterocycles. The number of nitrogens with zero attached hydrogens (tertiary/aromatic N) is 1. The molecule has 1 aromatic heterocycles. The molecule has 1 amide bonds. The Bertz CT molecular complexity index is 810. The van der Waals surface area contributed by atoms with Crippen LogP contribution in [0.25, 0.3) is 0 Å². The smallest absolute Gasteiger partial charge is 0.307 e. The van der Waals surface area contributed by atoms with Gasteiger partial charge in [0, 0.05) is 18.8 Å². The quantitative estimate of drug-likeness (QED) is 0.836. The fraction of sp³-hybridized carbons (Fsp3) is 0.278. The van der Waals surface area contributed by atoms with Crippen LogP contribution in [-0.4, -0.2) is 21.6 Å². The Kier molecular flexibility index (Phi) is 4.46. The van der Waals surface area contributed by atoms with Crippen molar-refractivity contribution in [3.63, 3.8) is 0 Å². The van der Waals surface area contributed by atoms with E-state index in [9.17, 15) is 14.4 Å². The molecule has 1 aliphatic rings. The number of hydrogen-bond acceptors (Lipinski definition) is 3. The van der Waals surface area contributed by atoms with Gasteiger partial charge in [-0.25, -0.2) is 0 Å². The molecule has 0 spiro atoms. The van der Waals surface area contributed by atoms with Crippen molar-refractivity contribution in [2.75, 3.05) is 0 Å². The maximum absolute atomic E-state index is 11.8. The van der Waals surface area contributed by atoms with Gasteiger partial charge in [-0.2, -0.15) is 0 Å². The number of carboxylic acid groups (broad SMARTS) is 1. The second-order valence-corrected chi connectivity index (χ2v) is 5.99. The zero-order valence-electron chi connectivity index (χ0n) is 13.0. The second-order valence-electron chi connectivity index (χ2n) is 5.99. The molecule has 1 heterocycles. The van der Waals surface area contributed by atoms with Crippen LogP contribution in [0, 0.1) is 11.8 Å². The highest BCUT2D eigenvalue weighted by molar-refractivity contribution is 5.89. The largest absolute Gasteiger partial charge is 0.481 e. The first-order chi connectivity index (χ1) is 11.5. The average Bonchev–Trinajstić information content (AvgIpc) is 3.37. The van der Waals surface area contributed by atoms with E-state index in [1.165, 1.54) is 6.07 Å². The van der Waals surface area contributed by atoms with Crippen LogP contribution in [0.15, 0.2) is 53.5 Å². The summed E-state index contributed by atoms with van der Waals surface area (Å²) in [6.45, 7) is 0.863. The Hall–Kier alpha value is -2.89. The molecule has 124 valence electrons. The Morgan fingerprint density at radius 2 is 1.79 bits per heavy atom. The maximum atomic E-state index is 11.8. The van der Waals surface area contributed by atoms with Gasteiger partial charge in [-0.15, -0.1) is 0 Å². The van der Waals surface area contributed by atoms with E-state index < -0.39 is 17.8 Å². The summed E-state index contributed by atoms with van der Waals surface area (Å²) in [5.74, 6) is -2.04. The summed E-state index contributed by atoms with van der Waals surface area (Å²) in [5.41, 5.74) is 1.87. The van der Waals surface area contributed by atoms with Crippen molar-refractivity contribution < 1.29 is 14.7 Å². The molecular formula is C18H18N2O4. The van der Waals surface area contributed by atoms with Crippen LogP contribution in [-0.2, 0) is 22.7 Å². The fourth-order valence-electron chi connectivity index (χ4n) is 2.63. The van der Waals surface area contributed by atoms with Crippen molar-refractivity contribution in [1.29, 1.82) is 0 Å². The zero-order valence-corrected chi connectivity index (χ0v) is 13.0. The minimum Gasteiger partial charge on any atom is -0.481 e. The van der Waals surface area contributed by atoms with E-state index in [-0.39, 0.29) is 11.5 Å². The monoisotopic (exact) mass is 326 g/mol. The number of rotatable bonds is 6. The van der Waals surface area contributed by atoms with Crippen molar-refractivity contribution in [3.05, 3.63) is 70.1 Å². The molecule has 1 fully saturated rings. The van der Waals surface area contributed by atoms with Gasteiger partial charge in [-0.3, -0.25) is 14.4 Å². The first-order valence-electron chi connectivity index (χ1n) is 7.78. The van der Waals surface area contributed by atoms with Crippen molar-refractivity contribution in [2.45, 2.75) is 19.5 Å². The Morgan fingerprint density at radius 1 is 1.08 bits per heavy atom. The van der Waals surface area contributed by atoms with Crippen LogP contribution < -0.4 is 10.9 Å². The van der Waals surface area contributed by atoms with Crippen molar-refractivity contribution >= 4 is 11.9 Å². The molecule has 0 radical (unpaired) electrons. The van der Waals surface area contributed by atoms with Crippen molar-refractivity contribution in [3.8, 4) is 0 Å². The molecule has 6 nitrogen and oxygen atoms in total. The molecule has 0 unspecified atom stereocenters. The van der Waals surface area contributed by atoms with Gasteiger partial charge in [-0.05, 0) is 23.6 Å². The molecule has 1 aromatic carbocycles. The Morgan fingerprint density at radius 3 is 2.42 bits per heavy atom. The minimum absolute atomic E-state index is 0.0498. The van der Waals surface area contributed by atoms with Crippen LogP contribution in [0.3, 0.4) is 0 Å². The van der Waals surface area contributed by atoms with Crippen molar-refractivity contribution in [2.24, 2.45) is 11.8 Å². The lowest BCUT2D eigenvalue weighted by Crippen LogP contribution is -2.25. The third kappa shape index (κ3) is 3.71. The first kappa shape index (κ1) is 16.0. The molecule has 6 heteroatoms. The molecule has 2 aromatic rings. The van der Waals surface area contributed by atoms with E-state index in [0.717, 1.165) is 11.1 Å². The van der Waals surface area contributed by atoms with E-state index in [2.05, 4.69) is 5.32 Å². The summed E-state index contributed by atoms with van der Waals surface area (Å²) in [5, 5.41) is 11.6. The van der Waals surface area contributed by atoms with Gasteiger partial charge < -0.3 is 15.0 Å². The van der Waals surface area contributed by atoms with Crippen molar-refractivity contribution in [1.82, 2.24) is 9.88 Å². The van der Waals surface area contributed by atoms with E-state index in [1.54, 1.807) is 16.8 Å². The summed E-state index contributed by atoms with van der Waals surface area (Å²) in [6.07, 6.45) is 2.16. The number of amides is 1. The van der Waals surface area contributed by atoms with Crippen LogP contribution in [0.4, 0.5) is 0 Å². The number of benzene rings is 1. The van der Waals surface area contributed by atoms with Gasteiger partial charge in [0.25, 0.3) is 5.56 Å². The molecule has 0 aliphatic heterocycles. The average molecular weight is 326 g/mol. The van der Waals surface area contributed by atoms with E-state index in [4.69, 9.17) is 5.11 Å². The minimum atomic E-state index is -0.907. The highest BCUT2D eigenvalue weighted by Gasteiger charge is 2.48. The topological polar surface area (TPSA) is 88.4 Å². The third-order valence-corrected chi connectivity index (χ3v) is 4.19. The molecule has 0 bridgehead atoms. The molecule has 24 heavy (non-hydrogen) atoms. The van der Waals surface area contributed by atoms with Gasteiger partial charge >= 0.3 is 5.97 Å². The standard InChI is InChI=1S/C18H18N2O4/c21-16-3-1-2-8-20(16)11-13-6-4-12(5-7-13)10-19-17(22)14-9-15(14)18(23)24/h1-8,14-15H,9-11H2,(H,19,22)(H,23,24)/t14-,15-/m1/s1. The summed E-state index contributed by atoms with van der Waals surface area (Å²) in [4.78, 5) is 34.3. The number of carbonyl (C=O) groups is 2. The molecule has 1 aliphatic carbocycles. The van der Waals surface area contributed by atoms with E-state index in [0.29, 0.717) is 19.5 Å². The highest BCUT2D eigenvalue weighted by Crippen LogP contribution is 2.38. The predicted octanol–water partition coefficient (Wildman–Crippen LogP) is 1.23. The van der Waals surface area contributed by atoms with Gasteiger partial charge in [0.05, 0.1) is 18.4 Å². The molecule has 2 N–H and O–H groups in total. The number of aromatic nitrogens is 1. The number of nitrogens with one attached hydrogen (secondary N) is 1. The van der Waals surface area contributed by atoms with Gasteiger partial charge in [0.15, 0.2) is 0 Å². The van der Waals surface area contributed by atoms with E-state index >= 15 is 0 Å². The number of aliphatic carboxylic acids is 1. The second kappa shape index (κ2) is 6.70. The number of pyridine rings is 1. The summed E-state index contributed by atoms with van der Waals surface area (Å²) < 4.78 is 1.62. The predicted molar refractivity (Wildman–Crippen MR) is 87.3 cm³/mol. The summed E-state index contributed by atoms with van der Waals surface area (Å²) in [7, 11) is 0. The summed E-state index contributed by atoms with van der Waals surface area (Å²) >= 11 is 0. The van der Waals surface area contributed by atoms with Crippen LogP contribution in [0.5, 0.6) is 0 Å². The lowest BCUT2D eigenvalue weighted by Gasteiger charge is -2.08. The number of carboxylic acids is 1. The lowest BCUT2D eigenvalue weighted by atomic mass is 10.1. The van der Waals surface area contributed by atoms with Crippen LogP contribution in [0.2, 0.25) is 0 Å². The van der Waals surface area contributed by atoms with E-state index in [1.807, 2.05) is 30.3 Å². The lowest BCUT2D eigenvalue weighted by molar-refractivity contribution is -0.140. The summed E-state index contributed by atoms with van der Waals surface area (Å²) in [6, 6.07) is 12.7. The maximum Gasteiger partial charge on any atom is 0.307 e.